The Hall–Kier alpha value is -1.75. The summed E-state index contributed by atoms with van der Waals surface area (Å²) in [4.78, 5) is 14.0. The van der Waals surface area contributed by atoms with Crippen LogP contribution in [0.3, 0.4) is 0 Å². The zero-order valence-electron chi connectivity index (χ0n) is 12.1. The molecule has 0 aliphatic carbocycles. The molecule has 0 saturated carbocycles. The third kappa shape index (κ3) is 3.63. The predicted molar refractivity (Wildman–Crippen MR) is 77.2 cm³/mol. The first-order chi connectivity index (χ1) is 9.72. The summed E-state index contributed by atoms with van der Waals surface area (Å²) in [6.45, 7) is 4.64. The average molecular weight is 278 g/mol. The van der Waals surface area contributed by atoms with Crippen molar-refractivity contribution < 1.29 is 14.3 Å². The molecule has 1 amide bonds. The van der Waals surface area contributed by atoms with E-state index in [1.165, 1.54) is 0 Å². The van der Waals surface area contributed by atoms with E-state index < -0.39 is 0 Å². The van der Waals surface area contributed by atoms with Crippen molar-refractivity contribution in [1.82, 2.24) is 10.2 Å². The van der Waals surface area contributed by atoms with E-state index in [1.807, 2.05) is 36.1 Å². The maximum Gasteiger partial charge on any atom is 0.239 e. The van der Waals surface area contributed by atoms with Gasteiger partial charge in [-0.25, -0.2) is 0 Å². The van der Waals surface area contributed by atoms with E-state index in [1.54, 1.807) is 7.11 Å². The lowest BCUT2D eigenvalue weighted by molar-refractivity contribution is -0.132. The number of ether oxygens (including phenoxy) is 2. The van der Waals surface area contributed by atoms with Gasteiger partial charge in [-0.05, 0) is 32.0 Å². The van der Waals surface area contributed by atoms with Crippen molar-refractivity contribution in [1.29, 1.82) is 0 Å². The highest BCUT2D eigenvalue weighted by molar-refractivity contribution is 5.81. The fourth-order valence-corrected chi connectivity index (χ4v) is 2.29. The van der Waals surface area contributed by atoms with E-state index in [4.69, 9.17) is 9.47 Å². The smallest absolute Gasteiger partial charge is 0.239 e. The second-order valence-electron chi connectivity index (χ2n) is 4.85. The highest BCUT2D eigenvalue weighted by atomic mass is 16.5. The van der Waals surface area contributed by atoms with Crippen LogP contribution in [0.15, 0.2) is 24.3 Å². The van der Waals surface area contributed by atoms with E-state index in [-0.39, 0.29) is 11.9 Å². The SMILES string of the molecule is COc1ccccc1OCCN1CCCNC(C)C1=O. The van der Waals surface area contributed by atoms with Gasteiger partial charge in [-0.1, -0.05) is 12.1 Å². The Morgan fingerprint density at radius 1 is 1.35 bits per heavy atom. The molecule has 1 heterocycles. The molecule has 110 valence electrons. The fourth-order valence-electron chi connectivity index (χ4n) is 2.29. The van der Waals surface area contributed by atoms with Crippen molar-refractivity contribution >= 4 is 5.91 Å². The Labute approximate surface area is 119 Å². The van der Waals surface area contributed by atoms with Gasteiger partial charge in [0, 0.05) is 6.54 Å². The molecule has 5 heteroatoms. The van der Waals surface area contributed by atoms with E-state index in [0.29, 0.717) is 24.7 Å². The summed E-state index contributed by atoms with van der Waals surface area (Å²) in [6, 6.07) is 7.42. The molecule has 1 aliphatic heterocycles. The van der Waals surface area contributed by atoms with Crippen LogP contribution in [0.25, 0.3) is 0 Å². The summed E-state index contributed by atoms with van der Waals surface area (Å²) in [7, 11) is 1.62. The number of carbonyl (C=O) groups is 1. The molecule has 1 saturated heterocycles. The number of rotatable bonds is 5. The average Bonchev–Trinajstić information content (AvgIpc) is 2.63. The number of hydrogen-bond acceptors (Lipinski definition) is 4. The van der Waals surface area contributed by atoms with Gasteiger partial charge in [-0.3, -0.25) is 4.79 Å². The van der Waals surface area contributed by atoms with Gasteiger partial charge >= 0.3 is 0 Å². The van der Waals surface area contributed by atoms with Crippen molar-refractivity contribution in [2.75, 3.05) is 33.4 Å². The summed E-state index contributed by atoms with van der Waals surface area (Å²) in [5, 5.41) is 3.20. The number of hydrogen-bond donors (Lipinski definition) is 1. The molecule has 0 bridgehead atoms. The van der Waals surface area contributed by atoms with Gasteiger partial charge in [0.2, 0.25) is 5.91 Å². The van der Waals surface area contributed by atoms with E-state index >= 15 is 0 Å². The molecule has 20 heavy (non-hydrogen) atoms. The molecular formula is C15H22N2O3. The normalized spacial score (nSPS) is 19.6. The van der Waals surface area contributed by atoms with Gasteiger partial charge < -0.3 is 19.7 Å². The summed E-state index contributed by atoms with van der Waals surface area (Å²) >= 11 is 0. The van der Waals surface area contributed by atoms with Crippen LogP contribution in [0.5, 0.6) is 11.5 Å². The Bertz CT molecular complexity index is 450. The van der Waals surface area contributed by atoms with Crippen molar-refractivity contribution in [3.8, 4) is 11.5 Å². The first-order valence-electron chi connectivity index (χ1n) is 7.00. The van der Waals surface area contributed by atoms with Gasteiger partial charge in [-0.2, -0.15) is 0 Å². The molecule has 1 aliphatic rings. The molecule has 5 nitrogen and oxygen atoms in total. The molecule has 0 radical (unpaired) electrons. The summed E-state index contributed by atoms with van der Waals surface area (Å²) in [5.74, 6) is 1.57. The topological polar surface area (TPSA) is 50.8 Å². The lowest BCUT2D eigenvalue weighted by atomic mass is 10.3. The molecule has 1 aromatic rings. The molecular weight excluding hydrogens is 256 g/mol. The number of carbonyl (C=O) groups excluding carboxylic acids is 1. The monoisotopic (exact) mass is 278 g/mol. The largest absolute Gasteiger partial charge is 0.493 e. The van der Waals surface area contributed by atoms with Crippen LogP contribution in [0.1, 0.15) is 13.3 Å². The van der Waals surface area contributed by atoms with Crippen LogP contribution in [-0.2, 0) is 4.79 Å². The molecule has 1 unspecified atom stereocenters. The van der Waals surface area contributed by atoms with E-state index in [9.17, 15) is 4.79 Å². The zero-order valence-corrected chi connectivity index (χ0v) is 12.1. The minimum absolute atomic E-state index is 0.108. The van der Waals surface area contributed by atoms with Crippen molar-refractivity contribution in [2.45, 2.75) is 19.4 Å². The van der Waals surface area contributed by atoms with Gasteiger partial charge in [0.1, 0.15) is 6.61 Å². The third-order valence-corrected chi connectivity index (χ3v) is 3.43. The lowest BCUT2D eigenvalue weighted by Crippen LogP contribution is -2.43. The highest BCUT2D eigenvalue weighted by Crippen LogP contribution is 2.25. The fraction of sp³-hybridized carbons (Fsp3) is 0.533. The Morgan fingerprint density at radius 2 is 2.10 bits per heavy atom. The number of methoxy groups -OCH3 is 1. The van der Waals surface area contributed by atoms with E-state index in [0.717, 1.165) is 19.5 Å². The van der Waals surface area contributed by atoms with E-state index in [2.05, 4.69) is 5.32 Å². The second-order valence-corrected chi connectivity index (χ2v) is 4.85. The third-order valence-electron chi connectivity index (χ3n) is 3.43. The van der Waals surface area contributed by atoms with Crippen LogP contribution >= 0.6 is 0 Å². The van der Waals surface area contributed by atoms with Crippen molar-refractivity contribution in [3.05, 3.63) is 24.3 Å². The highest BCUT2D eigenvalue weighted by Gasteiger charge is 2.22. The molecule has 0 aromatic heterocycles. The number of nitrogens with zero attached hydrogens (tertiary/aromatic N) is 1. The van der Waals surface area contributed by atoms with Crippen molar-refractivity contribution in [3.63, 3.8) is 0 Å². The molecule has 2 rings (SSSR count). The van der Waals surface area contributed by atoms with Gasteiger partial charge in [0.15, 0.2) is 11.5 Å². The van der Waals surface area contributed by atoms with Crippen LogP contribution in [0.4, 0.5) is 0 Å². The Morgan fingerprint density at radius 3 is 2.85 bits per heavy atom. The second kappa shape index (κ2) is 7.14. The van der Waals surface area contributed by atoms with Crippen LogP contribution in [0, 0.1) is 0 Å². The minimum atomic E-state index is -0.108. The summed E-state index contributed by atoms with van der Waals surface area (Å²) in [6.07, 6.45) is 0.977. The van der Waals surface area contributed by atoms with Crippen LogP contribution in [0.2, 0.25) is 0 Å². The number of nitrogens with one attached hydrogen (secondary N) is 1. The van der Waals surface area contributed by atoms with Gasteiger partial charge in [0.05, 0.1) is 19.7 Å². The van der Waals surface area contributed by atoms with Crippen LogP contribution in [-0.4, -0.2) is 50.2 Å². The Kier molecular flexibility index (Phi) is 5.24. The first kappa shape index (κ1) is 14.7. The predicted octanol–water partition coefficient (Wildman–Crippen LogP) is 1.28. The minimum Gasteiger partial charge on any atom is -0.493 e. The van der Waals surface area contributed by atoms with Gasteiger partial charge in [-0.15, -0.1) is 0 Å². The zero-order chi connectivity index (χ0) is 14.4. The summed E-state index contributed by atoms with van der Waals surface area (Å²) in [5.41, 5.74) is 0. The number of amides is 1. The molecule has 1 aromatic carbocycles. The molecule has 0 spiro atoms. The van der Waals surface area contributed by atoms with Gasteiger partial charge in [0.25, 0.3) is 0 Å². The Balaban J connectivity index is 1.87. The maximum absolute atomic E-state index is 12.1. The van der Waals surface area contributed by atoms with Crippen LogP contribution < -0.4 is 14.8 Å². The van der Waals surface area contributed by atoms with Crippen molar-refractivity contribution in [2.24, 2.45) is 0 Å². The standard InChI is InChI=1S/C15H22N2O3/c1-12-15(18)17(9-5-8-16-12)10-11-20-14-7-4-3-6-13(14)19-2/h3-4,6-7,12,16H,5,8-11H2,1-2H3. The molecule has 1 fully saturated rings. The number of benzene rings is 1. The quantitative estimate of drug-likeness (QED) is 0.881. The molecule has 1 N–H and O–H groups in total. The first-order valence-corrected chi connectivity index (χ1v) is 7.00. The lowest BCUT2D eigenvalue weighted by Gasteiger charge is -2.22. The maximum atomic E-state index is 12.1. The number of para-hydroxylation sites is 2. The molecule has 1 atom stereocenters. The summed E-state index contributed by atoms with van der Waals surface area (Å²) < 4.78 is 10.9.